The molecular formula is C8H12N3O5. The number of nitrogens with zero attached hydrogens (tertiary/aromatic N) is 2. The average molecular weight is 230 g/mol. The Morgan fingerprint density at radius 2 is 2.38 bits per heavy atom. The van der Waals surface area contributed by atoms with Crippen LogP contribution in [0, 0.1) is 6.61 Å². The second kappa shape index (κ2) is 4.00. The van der Waals surface area contributed by atoms with E-state index in [1.165, 1.54) is 11.7 Å². The van der Waals surface area contributed by atoms with Gasteiger partial charge in [0.05, 0.1) is 6.61 Å². The Labute approximate surface area is 91.2 Å². The van der Waals surface area contributed by atoms with E-state index in [9.17, 15) is 15.1 Å². The van der Waals surface area contributed by atoms with Gasteiger partial charge in [0.25, 0.3) is 5.85 Å². The van der Waals surface area contributed by atoms with Gasteiger partial charge in [-0.05, 0) is 12.8 Å². The Morgan fingerprint density at radius 1 is 1.62 bits per heavy atom. The van der Waals surface area contributed by atoms with Crippen molar-refractivity contribution in [3.8, 4) is 0 Å². The molecule has 0 aromatic rings. The van der Waals surface area contributed by atoms with Gasteiger partial charge in [0.1, 0.15) is 6.23 Å². The maximum absolute atomic E-state index is 11.6. The van der Waals surface area contributed by atoms with Gasteiger partial charge in [0, 0.05) is 12.3 Å². The van der Waals surface area contributed by atoms with Crippen molar-refractivity contribution in [2.45, 2.75) is 24.9 Å². The molecule has 2 aliphatic rings. The highest BCUT2D eigenvalue weighted by atomic mass is 16.6. The van der Waals surface area contributed by atoms with Crippen LogP contribution in [0.4, 0.5) is 4.79 Å². The molecule has 4 N–H and O–H groups in total. The van der Waals surface area contributed by atoms with Gasteiger partial charge in [-0.25, -0.2) is 4.79 Å². The number of carbonyl (C=O) groups is 1. The first-order valence-electron chi connectivity index (χ1n) is 4.70. The van der Waals surface area contributed by atoms with E-state index in [0.29, 0.717) is 12.8 Å². The summed E-state index contributed by atoms with van der Waals surface area (Å²) in [5.74, 6) is -2.31. The predicted molar refractivity (Wildman–Crippen MR) is 48.3 cm³/mol. The first kappa shape index (κ1) is 11.3. The van der Waals surface area contributed by atoms with Crippen LogP contribution in [0.3, 0.4) is 0 Å². The Hall–Kier alpha value is -1.19. The molecule has 2 atom stereocenters. The second-order valence-electron chi connectivity index (χ2n) is 3.49. The number of ether oxygens (including phenoxy) is 1. The summed E-state index contributed by atoms with van der Waals surface area (Å²) in [6.07, 6.45) is 3.07. The Balaban J connectivity index is 2.19. The highest BCUT2D eigenvalue weighted by Crippen LogP contribution is 2.25. The van der Waals surface area contributed by atoms with Crippen LogP contribution in [-0.4, -0.2) is 43.6 Å². The summed E-state index contributed by atoms with van der Waals surface area (Å²) >= 11 is 0. The molecule has 16 heavy (non-hydrogen) atoms. The quantitative estimate of drug-likeness (QED) is 0.291. The molecule has 0 aliphatic carbocycles. The largest absolute Gasteiger partial charge is 0.354 e. The third kappa shape index (κ3) is 1.66. The number of hydroxylamine groups is 3. The van der Waals surface area contributed by atoms with Crippen molar-refractivity contribution in [2.24, 2.45) is 0 Å². The lowest BCUT2D eigenvalue weighted by Gasteiger charge is -2.38. The average Bonchev–Trinajstić information content (AvgIpc) is 2.80. The lowest BCUT2D eigenvalue weighted by molar-refractivity contribution is -0.259. The minimum atomic E-state index is -2.31. The maximum atomic E-state index is 11.6. The van der Waals surface area contributed by atoms with Gasteiger partial charge in [-0.2, -0.15) is 5.06 Å². The van der Waals surface area contributed by atoms with Gasteiger partial charge < -0.3 is 15.1 Å². The second-order valence-corrected chi connectivity index (χ2v) is 3.49. The van der Waals surface area contributed by atoms with E-state index in [4.69, 9.17) is 9.94 Å². The molecule has 1 saturated heterocycles. The zero-order valence-electron chi connectivity index (χ0n) is 8.28. The molecule has 2 amide bonds. The highest BCUT2D eigenvalue weighted by Gasteiger charge is 2.43. The molecule has 2 rings (SSSR count). The first-order valence-corrected chi connectivity index (χ1v) is 4.70. The fourth-order valence-electron chi connectivity index (χ4n) is 1.54. The molecule has 0 aromatic heterocycles. The molecule has 8 heteroatoms. The normalized spacial score (nSPS) is 34.9. The van der Waals surface area contributed by atoms with Crippen molar-refractivity contribution in [3.63, 3.8) is 0 Å². The third-order valence-electron chi connectivity index (χ3n) is 2.45. The zero-order valence-corrected chi connectivity index (χ0v) is 8.28. The van der Waals surface area contributed by atoms with Crippen LogP contribution in [0.25, 0.3) is 0 Å². The van der Waals surface area contributed by atoms with E-state index < -0.39 is 18.1 Å². The number of nitrogens with one attached hydrogen (secondary N) is 1. The summed E-state index contributed by atoms with van der Waals surface area (Å²) in [6, 6.07) is -0.896. The smallest absolute Gasteiger partial charge is 0.352 e. The summed E-state index contributed by atoms with van der Waals surface area (Å²) in [5, 5.41) is 27.5. The van der Waals surface area contributed by atoms with Gasteiger partial charge in [0.2, 0.25) is 0 Å². The molecule has 0 saturated carbocycles. The Bertz CT molecular complexity index is 317. The maximum Gasteiger partial charge on any atom is 0.354 e. The van der Waals surface area contributed by atoms with Crippen LogP contribution in [-0.2, 0) is 4.74 Å². The molecule has 0 bridgehead atoms. The van der Waals surface area contributed by atoms with Crippen LogP contribution in [0.15, 0.2) is 12.3 Å². The molecule has 8 nitrogen and oxygen atoms in total. The molecule has 1 unspecified atom stereocenters. The van der Waals surface area contributed by atoms with Crippen molar-refractivity contribution < 1.29 is 25.1 Å². The summed E-state index contributed by atoms with van der Waals surface area (Å²) in [6.45, 7) is 1.57. The Morgan fingerprint density at radius 3 is 2.94 bits per heavy atom. The van der Waals surface area contributed by atoms with Crippen molar-refractivity contribution in [1.82, 2.24) is 15.4 Å². The molecule has 1 fully saturated rings. The molecular weight excluding hydrogens is 218 g/mol. The molecule has 2 aliphatic heterocycles. The van der Waals surface area contributed by atoms with Gasteiger partial charge in [0.15, 0.2) is 0 Å². The monoisotopic (exact) mass is 230 g/mol. The van der Waals surface area contributed by atoms with Crippen LogP contribution in [0.5, 0.6) is 0 Å². The molecule has 0 spiro atoms. The molecule has 0 aromatic carbocycles. The van der Waals surface area contributed by atoms with E-state index >= 15 is 0 Å². The fourth-order valence-corrected chi connectivity index (χ4v) is 1.54. The fraction of sp³-hybridized carbons (Fsp3) is 0.500. The van der Waals surface area contributed by atoms with E-state index in [-0.39, 0.29) is 5.06 Å². The van der Waals surface area contributed by atoms with E-state index in [1.807, 2.05) is 0 Å². The van der Waals surface area contributed by atoms with Crippen LogP contribution >= 0.6 is 0 Å². The Kier molecular flexibility index (Phi) is 2.82. The predicted octanol–water partition coefficient (Wildman–Crippen LogP) is -0.450. The topological polar surface area (TPSA) is 106 Å². The number of aliphatic hydroxyl groups is 1. The molecule has 89 valence electrons. The first-order chi connectivity index (χ1) is 7.58. The molecule has 1 radical (unpaired) electrons. The molecule has 2 heterocycles. The number of amides is 2. The summed E-state index contributed by atoms with van der Waals surface area (Å²) in [5.41, 5.74) is 1.42. The standard InChI is InChI=1S/C8H12N3O5/c12-7-10(6-2-1-5-16-6)4-3-8(13,9-14)11(7)15/h3-6,9,13-15H,1-2H2/t6?,8-/m1/s1. The highest BCUT2D eigenvalue weighted by molar-refractivity contribution is 5.76. The van der Waals surface area contributed by atoms with Gasteiger partial charge >= 0.3 is 6.03 Å². The number of hydrogen-bond acceptors (Lipinski definition) is 6. The van der Waals surface area contributed by atoms with E-state index in [0.717, 1.165) is 11.0 Å². The van der Waals surface area contributed by atoms with E-state index in [1.54, 1.807) is 6.61 Å². The van der Waals surface area contributed by atoms with Crippen molar-refractivity contribution in [2.75, 3.05) is 0 Å². The lowest BCUT2D eigenvalue weighted by Crippen LogP contribution is -2.63. The number of hydrogen-bond donors (Lipinski definition) is 4. The summed E-state index contributed by atoms with van der Waals surface area (Å²) in [4.78, 5) is 12.8. The lowest BCUT2D eigenvalue weighted by atomic mass is 10.3. The van der Waals surface area contributed by atoms with E-state index in [2.05, 4.69) is 0 Å². The zero-order chi connectivity index (χ0) is 11.8. The SMILES string of the molecule is O=C1N(C2CC[CH]O2)C=C[C@@](O)(NO)N1O. The third-order valence-corrected chi connectivity index (χ3v) is 2.45. The van der Waals surface area contributed by atoms with Crippen molar-refractivity contribution in [3.05, 3.63) is 18.9 Å². The summed E-state index contributed by atoms with van der Waals surface area (Å²) < 4.78 is 5.14. The van der Waals surface area contributed by atoms with Gasteiger partial charge in [-0.3, -0.25) is 10.1 Å². The van der Waals surface area contributed by atoms with Crippen molar-refractivity contribution >= 4 is 6.03 Å². The number of rotatable bonds is 2. The minimum absolute atomic E-state index is 0.0192. The number of urea groups is 1. The number of carbonyl (C=O) groups excluding carboxylic acids is 1. The van der Waals surface area contributed by atoms with Crippen molar-refractivity contribution in [1.29, 1.82) is 0 Å². The van der Waals surface area contributed by atoms with Crippen LogP contribution in [0.1, 0.15) is 12.8 Å². The van der Waals surface area contributed by atoms with Crippen LogP contribution in [0.2, 0.25) is 0 Å². The van der Waals surface area contributed by atoms with Crippen LogP contribution < -0.4 is 5.48 Å². The summed E-state index contributed by atoms with van der Waals surface area (Å²) in [7, 11) is 0. The van der Waals surface area contributed by atoms with Gasteiger partial charge in [-0.1, -0.05) is 0 Å². The minimum Gasteiger partial charge on any atom is -0.352 e. The van der Waals surface area contributed by atoms with Gasteiger partial charge in [-0.15, -0.1) is 5.48 Å².